The Labute approximate surface area is 203 Å². The van der Waals surface area contributed by atoms with Gasteiger partial charge >= 0.3 is 0 Å². The van der Waals surface area contributed by atoms with Gasteiger partial charge in [-0.3, -0.25) is 4.99 Å². The van der Waals surface area contributed by atoms with Crippen LogP contribution >= 0.6 is 24.0 Å². The molecule has 0 saturated heterocycles. The van der Waals surface area contributed by atoms with Crippen LogP contribution in [0.2, 0.25) is 0 Å². The molecule has 0 amide bonds. The average Bonchev–Trinajstić information content (AvgIpc) is 2.73. The van der Waals surface area contributed by atoms with Crippen molar-refractivity contribution in [2.75, 3.05) is 32.5 Å². The van der Waals surface area contributed by atoms with Crippen LogP contribution in [0.3, 0.4) is 0 Å². The molecule has 0 bridgehead atoms. The fraction of sp³-hybridized carbons (Fsp3) is 0.435. The molecule has 0 aliphatic heterocycles. The molecule has 0 aromatic heterocycles. The van der Waals surface area contributed by atoms with E-state index in [-0.39, 0.29) is 30.1 Å². The summed E-state index contributed by atoms with van der Waals surface area (Å²) >= 11 is 0. The van der Waals surface area contributed by atoms with Gasteiger partial charge in [0.2, 0.25) is 0 Å². The molecule has 6 nitrogen and oxygen atoms in total. The molecule has 2 aromatic rings. The lowest BCUT2D eigenvalue weighted by Gasteiger charge is -2.13. The van der Waals surface area contributed by atoms with Crippen LogP contribution in [-0.2, 0) is 21.0 Å². The van der Waals surface area contributed by atoms with Crippen molar-refractivity contribution < 1.29 is 13.2 Å². The zero-order valence-electron chi connectivity index (χ0n) is 18.5. The maximum atomic E-state index is 11.5. The monoisotopic (exact) mass is 559 g/mol. The van der Waals surface area contributed by atoms with Gasteiger partial charge in [0, 0.05) is 32.5 Å². The third kappa shape index (κ3) is 10.5. The Bertz CT molecular complexity index is 888. The van der Waals surface area contributed by atoms with Crippen LogP contribution < -0.4 is 10.6 Å². The smallest absolute Gasteiger partial charge is 0.191 e. The predicted octanol–water partition coefficient (Wildman–Crippen LogP) is 3.97. The molecule has 0 aliphatic carbocycles. The van der Waals surface area contributed by atoms with Crippen molar-refractivity contribution in [1.82, 2.24) is 10.6 Å². The van der Waals surface area contributed by atoms with E-state index in [1.807, 2.05) is 37.3 Å². The largest absolute Gasteiger partial charge is 0.374 e. The second-order valence-electron chi connectivity index (χ2n) is 7.13. The van der Waals surface area contributed by atoms with Crippen molar-refractivity contribution in [3.05, 3.63) is 65.7 Å². The molecular weight excluding hydrogens is 525 g/mol. The molecule has 1 atom stereocenters. The number of rotatable bonds is 11. The minimum Gasteiger partial charge on any atom is -0.374 e. The van der Waals surface area contributed by atoms with E-state index in [0.29, 0.717) is 24.6 Å². The number of aliphatic imine (C=N–C) groups is 1. The maximum absolute atomic E-state index is 11.5. The first-order chi connectivity index (χ1) is 14.4. The molecule has 2 N–H and O–H groups in total. The molecule has 0 heterocycles. The summed E-state index contributed by atoms with van der Waals surface area (Å²) in [5.41, 5.74) is 2.26. The number of nitrogens with zero attached hydrogens (tertiary/aromatic N) is 1. The van der Waals surface area contributed by atoms with E-state index in [9.17, 15) is 8.42 Å². The van der Waals surface area contributed by atoms with Crippen LogP contribution in [0.15, 0.2) is 64.5 Å². The summed E-state index contributed by atoms with van der Waals surface area (Å²) in [5, 5.41) is 6.56. The van der Waals surface area contributed by atoms with Crippen LogP contribution in [0, 0.1) is 0 Å². The Morgan fingerprint density at radius 3 is 2.35 bits per heavy atom. The van der Waals surface area contributed by atoms with E-state index in [4.69, 9.17) is 4.74 Å². The van der Waals surface area contributed by atoms with Crippen molar-refractivity contribution >= 4 is 39.8 Å². The fourth-order valence-electron chi connectivity index (χ4n) is 2.91. The normalized spacial score (nSPS) is 12.7. The highest BCUT2D eigenvalue weighted by Crippen LogP contribution is 2.15. The minimum atomic E-state index is -3.15. The Hall–Kier alpha value is -1.65. The second kappa shape index (κ2) is 14.4. The van der Waals surface area contributed by atoms with Crippen molar-refractivity contribution in [3.8, 4) is 0 Å². The van der Waals surface area contributed by atoms with E-state index in [1.165, 1.54) is 11.8 Å². The van der Waals surface area contributed by atoms with Gasteiger partial charge in [0.25, 0.3) is 0 Å². The van der Waals surface area contributed by atoms with E-state index < -0.39 is 9.84 Å². The maximum Gasteiger partial charge on any atom is 0.191 e. The average molecular weight is 560 g/mol. The Balaban J connectivity index is 0.00000480. The van der Waals surface area contributed by atoms with Crippen LogP contribution in [0.25, 0.3) is 0 Å². The number of hydrogen-bond donors (Lipinski definition) is 2. The Morgan fingerprint density at radius 2 is 1.74 bits per heavy atom. The van der Waals surface area contributed by atoms with Crippen molar-refractivity contribution in [3.63, 3.8) is 0 Å². The van der Waals surface area contributed by atoms with Gasteiger partial charge in [-0.15, -0.1) is 24.0 Å². The molecule has 0 spiro atoms. The van der Waals surface area contributed by atoms with Gasteiger partial charge in [-0.25, -0.2) is 8.42 Å². The molecule has 0 aliphatic rings. The molecule has 0 saturated carbocycles. The molecule has 172 valence electrons. The molecule has 31 heavy (non-hydrogen) atoms. The van der Waals surface area contributed by atoms with Crippen molar-refractivity contribution in [2.24, 2.45) is 4.99 Å². The molecule has 0 radical (unpaired) electrons. The number of halogens is 1. The van der Waals surface area contributed by atoms with Crippen LogP contribution in [0.5, 0.6) is 0 Å². The third-order valence-corrected chi connectivity index (χ3v) is 5.74. The number of guanidine groups is 1. The highest BCUT2D eigenvalue weighted by atomic mass is 127. The Morgan fingerprint density at radius 1 is 1.06 bits per heavy atom. The van der Waals surface area contributed by atoms with E-state index in [2.05, 4.69) is 34.7 Å². The van der Waals surface area contributed by atoms with Gasteiger partial charge in [-0.1, -0.05) is 42.5 Å². The lowest BCUT2D eigenvalue weighted by atomic mass is 10.1. The van der Waals surface area contributed by atoms with Gasteiger partial charge in [0.05, 0.1) is 11.0 Å². The molecule has 8 heteroatoms. The molecule has 2 rings (SSSR count). The highest BCUT2D eigenvalue weighted by molar-refractivity contribution is 14.0. The highest BCUT2D eigenvalue weighted by Gasteiger charge is 2.06. The zero-order chi connectivity index (χ0) is 21.8. The number of ether oxygens (including phenoxy) is 1. The van der Waals surface area contributed by atoms with Crippen LogP contribution in [0.4, 0.5) is 0 Å². The summed E-state index contributed by atoms with van der Waals surface area (Å²) < 4.78 is 29.0. The topological polar surface area (TPSA) is 79.8 Å². The second-order valence-corrected chi connectivity index (χ2v) is 9.15. The summed E-state index contributed by atoms with van der Waals surface area (Å²) in [7, 11) is -3.15. The summed E-state index contributed by atoms with van der Waals surface area (Å²) in [6.07, 6.45) is 2.93. The van der Waals surface area contributed by atoms with E-state index in [0.717, 1.165) is 30.9 Å². The Kier molecular flexibility index (Phi) is 12.7. The standard InChI is InChI=1S/C23H33N3O3S.HI/c1-4-24-23(25-16-8-18-29-19(2)21-9-6-5-7-10-21)26-17-15-20-11-13-22(14-12-20)30(3,27)28;/h5-7,9-14,19H,4,8,15-18H2,1-3H3,(H2,24,25,26);1H. The number of sulfone groups is 1. The van der Waals surface area contributed by atoms with Gasteiger partial charge in [-0.05, 0) is 49.9 Å². The number of nitrogens with one attached hydrogen (secondary N) is 2. The first-order valence-electron chi connectivity index (χ1n) is 10.4. The van der Waals surface area contributed by atoms with Gasteiger partial charge in [0.15, 0.2) is 15.8 Å². The summed E-state index contributed by atoms with van der Waals surface area (Å²) in [4.78, 5) is 4.94. The molecule has 0 fully saturated rings. The van der Waals surface area contributed by atoms with E-state index in [1.54, 1.807) is 12.1 Å². The lowest BCUT2D eigenvalue weighted by Crippen LogP contribution is -2.38. The zero-order valence-corrected chi connectivity index (χ0v) is 21.7. The van der Waals surface area contributed by atoms with Gasteiger partial charge < -0.3 is 15.4 Å². The van der Waals surface area contributed by atoms with Crippen LogP contribution in [-0.4, -0.2) is 46.9 Å². The summed E-state index contributed by atoms with van der Waals surface area (Å²) in [6, 6.07) is 17.2. The quantitative estimate of drug-likeness (QED) is 0.189. The van der Waals surface area contributed by atoms with Gasteiger partial charge in [-0.2, -0.15) is 0 Å². The van der Waals surface area contributed by atoms with Crippen molar-refractivity contribution in [1.29, 1.82) is 0 Å². The first kappa shape index (κ1) is 27.4. The fourth-order valence-corrected chi connectivity index (χ4v) is 3.54. The number of hydrogen-bond acceptors (Lipinski definition) is 4. The van der Waals surface area contributed by atoms with Gasteiger partial charge in [0.1, 0.15) is 0 Å². The SMILES string of the molecule is CCNC(=NCCCOC(C)c1ccccc1)NCCc1ccc(S(C)(=O)=O)cc1.I. The summed E-state index contributed by atoms with van der Waals surface area (Å²) in [5.74, 6) is 0.779. The van der Waals surface area contributed by atoms with Crippen molar-refractivity contribution in [2.45, 2.75) is 37.7 Å². The lowest BCUT2D eigenvalue weighted by molar-refractivity contribution is 0.0652. The molecule has 1 unspecified atom stereocenters. The molecular formula is C23H34IN3O3S. The van der Waals surface area contributed by atoms with E-state index >= 15 is 0 Å². The minimum absolute atomic E-state index is 0. The third-order valence-electron chi connectivity index (χ3n) is 4.61. The first-order valence-corrected chi connectivity index (χ1v) is 12.3. The van der Waals surface area contributed by atoms with Crippen LogP contribution in [0.1, 0.15) is 37.5 Å². The summed E-state index contributed by atoms with van der Waals surface area (Å²) in [6.45, 7) is 6.94. The number of benzene rings is 2. The molecule has 2 aromatic carbocycles. The predicted molar refractivity (Wildman–Crippen MR) is 138 cm³/mol.